The van der Waals surface area contributed by atoms with Crippen molar-refractivity contribution in [1.82, 2.24) is 29.4 Å². The van der Waals surface area contributed by atoms with Gasteiger partial charge in [-0.25, -0.2) is 0 Å². The van der Waals surface area contributed by atoms with Crippen molar-refractivity contribution in [3.63, 3.8) is 0 Å². The van der Waals surface area contributed by atoms with Gasteiger partial charge in [-0.3, -0.25) is 4.90 Å². The van der Waals surface area contributed by atoms with E-state index in [9.17, 15) is 0 Å². The largest absolute Gasteiger partial charge is 0.304 e. The van der Waals surface area contributed by atoms with Gasteiger partial charge in [0, 0.05) is 83.6 Å². The summed E-state index contributed by atoms with van der Waals surface area (Å²) in [5.74, 6) is 0. The molecule has 3 atom stereocenters. The van der Waals surface area contributed by atoms with Crippen LogP contribution in [-0.2, 0) is 0 Å². The van der Waals surface area contributed by atoms with Crippen molar-refractivity contribution < 1.29 is 0 Å². The van der Waals surface area contributed by atoms with Crippen LogP contribution in [0.5, 0.6) is 0 Å². The highest BCUT2D eigenvalue weighted by molar-refractivity contribution is 4.85. The van der Waals surface area contributed by atoms with E-state index in [-0.39, 0.29) is 0 Å². The maximum absolute atomic E-state index is 2.74. The molecule has 0 aromatic rings. The lowest BCUT2D eigenvalue weighted by Gasteiger charge is -2.43. The summed E-state index contributed by atoms with van der Waals surface area (Å²) in [5.41, 5.74) is 0. The molecule has 0 aromatic heterocycles. The van der Waals surface area contributed by atoms with Crippen LogP contribution >= 0.6 is 0 Å². The van der Waals surface area contributed by atoms with Crippen LogP contribution in [0.2, 0.25) is 0 Å². The molecule has 3 aliphatic heterocycles. The molecule has 0 bridgehead atoms. The summed E-state index contributed by atoms with van der Waals surface area (Å²) < 4.78 is 0. The first-order chi connectivity index (χ1) is 12.9. The molecule has 6 nitrogen and oxygen atoms in total. The third-order valence-electron chi connectivity index (χ3n) is 7.34. The highest BCUT2D eigenvalue weighted by atomic mass is 15.3. The van der Waals surface area contributed by atoms with Crippen LogP contribution in [0.3, 0.4) is 0 Å². The van der Waals surface area contributed by atoms with Gasteiger partial charge in [0.25, 0.3) is 0 Å². The van der Waals surface area contributed by atoms with Crippen molar-refractivity contribution in [2.45, 2.75) is 37.9 Å². The number of hydrogen-bond donors (Lipinski definition) is 0. The number of rotatable bonds is 6. The minimum Gasteiger partial charge on any atom is -0.304 e. The molecule has 27 heavy (non-hydrogen) atoms. The summed E-state index contributed by atoms with van der Waals surface area (Å²) in [6, 6.07) is 2.15. The van der Waals surface area contributed by atoms with E-state index in [0.29, 0.717) is 6.04 Å². The monoisotopic (exact) mass is 380 g/mol. The molecule has 0 unspecified atom stereocenters. The van der Waals surface area contributed by atoms with E-state index in [1.165, 1.54) is 84.8 Å². The molecule has 3 aliphatic rings. The molecule has 3 saturated heterocycles. The van der Waals surface area contributed by atoms with Gasteiger partial charge in [0.05, 0.1) is 0 Å². The van der Waals surface area contributed by atoms with Gasteiger partial charge in [0.1, 0.15) is 0 Å². The summed E-state index contributed by atoms with van der Waals surface area (Å²) in [5, 5.41) is 0. The number of nitrogens with zero attached hydrogens (tertiary/aromatic N) is 6. The predicted octanol–water partition coefficient (Wildman–Crippen LogP) is 0.264. The Balaban J connectivity index is 1.42. The zero-order valence-corrected chi connectivity index (χ0v) is 18.6. The van der Waals surface area contributed by atoms with Crippen LogP contribution in [0.4, 0.5) is 0 Å². The van der Waals surface area contributed by atoms with Crippen LogP contribution in [0.15, 0.2) is 0 Å². The zero-order valence-electron chi connectivity index (χ0n) is 18.6. The minimum atomic E-state index is 0.701. The van der Waals surface area contributed by atoms with Crippen LogP contribution in [-0.4, -0.2) is 148 Å². The maximum Gasteiger partial charge on any atom is 0.0232 e. The van der Waals surface area contributed by atoms with Gasteiger partial charge < -0.3 is 24.5 Å². The topological polar surface area (TPSA) is 19.4 Å². The fraction of sp³-hybridized carbons (Fsp3) is 1.00. The summed E-state index contributed by atoms with van der Waals surface area (Å²) in [7, 11) is 9.16. The van der Waals surface area contributed by atoms with Gasteiger partial charge in [0.2, 0.25) is 0 Å². The summed E-state index contributed by atoms with van der Waals surface area (Å²) in [6.45, 7) is 16.0. The van der Waals surface area contributed by atoms with E-state index in [1.807, 2.05) is 0 Å². The second kappa shape index (κ2) is 9.99. The molecule has 0 aliphatic carbocycles. The van der Waals surface area contributed by atoms with E-state index in [1.54, 1.807) is 0 Å². The lowest BCUT2D eigenvalue weighted by atomic mass is 10.1. The normalized spacial score (nSPS) is 34.3. The first-order valence-corrected chi connectivity index (χ1v) is 11.2. The summed E-state index contributed by atoms with van der Waals surface area (Å²) in [6.07, 6.45) is 2.62. The average Bonchev–Trinajstić information content (AvgIpc) is 2.63. The van der Waals surface area contributed by atoms with E-state index >= 15 is 0 Å². The number of piperazine rings is 3. The average molecular weight is 381 g/mol. The quantitative estimate of drug-likeness (QED) is 0.654. The molecule has 0 N–H and O–H groups in total. The molecule has 0 aromatic carbocycles. The van der Waals surface area contributed by atoms with Crippen molar-refractivity contribution in [2.75, 3.05) is 100 Å². The molecule has 0 spiro atoms. The van der Waals surface area contributed by atoms with E-state index in [4.69, 9.17) is 0 Å². The van der Waals surface area contributed by atoms with Gasteiger partial charge in [0.15, 0.2) is 0 Å². The van der Waals surface area contributed by atoms with Crippen molar-refractivity contribution in [2.24, 2.45) is 0 Å². The molecule has 0 amide bonds. The van der Waals surface area contributed by atoms with Crippen molar-refractivity contribution >= 4 is 0 Å². The molecule has 0 radical (unpaired) electrons. The van der Waals surface area contributed by atoms with E-state index in [2.05, 4.69) is 64.5 Å². The molecule has 3 rings (SSSR count). The minimum absolute atomic E-state index is 0.701. The Labute approximate surface area is 168 Å². The number of likely N-dealkylation sites (N-methyl/N-ethyl adjacent to an activating group) is 4. The van der Waals surface area contributed by atoms with Gasteiger partial charge in [-0.15, -0.1) is 0 Å². The Bertz CT molecular complexity index is 446. The van der Waals surface area contributed by atoms with E-state index < -0.39 is 0 Å². The molecule has 3 heterocycles. The predicted molar refractivity (Wildman–Crippen MR) is 115 cm³/mol. The van der Waals surface area contributed by atoms with E-state index in [0.717, 1.165) is 12.1 Å². The van der Waals surface area contributed by atoms with Crippen LogP contribution < -0.4 is 0 Å². The smallest absolute Gasteiger partial charge is 0.0232 e. The Hall–Kier alpha value is -0.240. The Kier molecular flexibility index (Phi) is 7.94. The SMILES string of the molecule is C[C@@H]1CN(C)CCN1CC[C@@H]1CN(CC[C@H]2CN(C)CCN2C)CCN1C. The van der Waals surface area contributed by atoms with Crippen molar-refractivity contribution in [3.05, 3.63) is 0 Å². The molecular weight excluding hydrogens is 336 g/mol. The molecule has 158 valence electrons. The highest BCUT2D eigenvalue weighted by Gasteiger charge is 2.28. The highest BCUT2D eigenvalue weighted by Crippen LogP contribution is 2.16. The second-order valence-electron chi connectivity index (χ2n) is 9.56. The summed E-state index contributed by atoms with van der Waals surface area (Å²) in [4.78, 5) is 15.6. The van der Waals surface area contributed by atoms with Crippen molar-refractivity contribution in [1.29, 1.82) is 0 Å². The van der Waals surface area contributed by atoms with Crippen LogP contribution in [0.1, 0.15) is 19.8 Å². The fourth-order valence-electron chi connectivity index (χ4n) is 5.09. The zero-order chi connectivity index (χ0) is 19.4. The lowest BCUT2D eigenvalue weighted by Crippen LogP contribution is -2.55. The maximum atomic E-state index is 2.74. The number of hydrogen-bond acceptors (Lipinski definition) is 6. The van der Waals surface area contributed by atoms with Gasteiger partial charge in [-0.2, -0.15) is 0 Å². The van der Waals surface area contributed by atoms with Crippen molar-refractivity contribution in [3.8, 4) is 0 Å². The molecule has 3 fully saturated rings. The summed E-state index contributed by atoms with van der Waals surface area (Å²) >= 11 is 0. The van der Waals surface area contributed by atoms with Gasteiger partial charge in [-0.1, -0.05) is 0 Å². The lowest BCUT2D eigenvalue weighted by molar-refractivity contribution is 0.0511. The standard InChI is InChI=1S/C21H44N6/c1-19-16-22(2)11-15-27(19)9-7-21-18-26(14-13-25(21)5)8-6-20-17-23(3)10-12-24(20)4/h19-21H,6-18H2,1-5H3/t19-,20+,21-/m1/s1. The Morgan fingerprint density at radius 2 is 1.22 bits per heavy atom. The van der Waals surface area contributed by atoms with Crippen LogP contribution in [0.25, 0.3) is 0 Å². The second-order valence-corrected chi connectivity index (χ2v) is 9.56. The molecule has 0 saturated carbocycles. The van der Waals surface area contributed by atoms with Gasteiger partial charge in [-0.05, 0) is 54.5 Å². The first-order valence-electron chi connectivity index (χ1n) is 11.2. The Morgan fingerprint density at radius 1 is 0.630 bits per heavy atom. The first kappa shape index (κ1) is 21.5. The third kappa shape index (κ3) is 6.12. The third-order valence-corrected chi connectivity index (χ3v) is 7.34. The molecule has 6 heteroatoms. The Morgan fingerprint density at radius 3 is 1.96 bits per heavy atom. The van der Waals surface area contributed by atoms with Gasteiger partial charge >= 0.3 is 0 Å². The fourth-order valence-corrected chi connectivity index (χ4v) is 5.09. The molecular formula is C21H44N6. The van der Waals surface area contributed by atoms with Crippen LogP contribution in [0, 0.1) is 0 Å².